The molecule has 1 N–H and O–H groups in total. The molecule has 122 valence electrons. The highest BCUT2D eigenvalue weighted by Gasteiger charge is 2.13. The monoisotopic (exact) mass is 322 g/mol. The molecule has 0 unspecified atom stereocenters. The van der Waals surface area contributed by atoms with Crippen molar-refractivity contribution in [2.24, 2.45) is 0 Å². The fourth-order valence-electron chi connectivity index (χ4n) is 2.23. The van der Waals surface area contributed by atoms with Crippen molar-refractivity contribution >= 4 is 17.4 Å². The van der Waals surface area contributed by atoms with Gasteiger partial charge in [-0.2, -0.15) is 5.26 Å². The van der Waals surface area contributed by atoms with Crippen molar-refractivity contribution in [3.63, 3.8) is 0 Å². The highest BCUT2D eigenvalue weighted by molar-refractivity contribution is 6.40. The maximum Gasteiger partial charge on any atom is 0.291 e. The van der Waals surface area contributed by atoms with Crippen molar-refractivity contribution in [2.75, 3.05) is 12.4 Å². The van der Waals surface area contributed by atoms with E-state index in [2.05, 4.69) is 5.32 Å². The number of carbonyl (C=O) groups is 2. The fraction of sp³-hybridized carbons (Fsp3) is 0.211. The van der Waals surface area contributed by atoms with Gasteiger partial charge in [-0.3, -0.25) is 9.59 Å². The van der Waals surface area contributed by atoms with Crippen LogP contribution in [0.5, 0.6) is 5.75 Å². The lowest BCUT2D eigenvalue weighted by molar-refractivity contribution is -0.134. The number of carbonyl (C=O) groups excluding carboxylic acids is 2. The minimum atomic E-state index is -0.653. The number of benzene rings is 2. The van der Waals surface area contributed by atoms with Gasteiger partial charge in [0.15, 0.2) is 0 Å². The number of methoxy groups -OCH3 is 1. The van der Waals surface area contributed by atoms with Gasteiger partial charge >= 0.3 is 0 Å². The number of aryl methyl sites for hydroxylation is 1. The molecular weight excluding hydrogens is 304 g/mol. The van der Waals surface area contributed by atoms with Gasteiger partial charge in [0, 0.05) is 12.1 Å². The Morgan fingerprint density at radius 3 is 2.58 bits per heavy atom. The average Bonchev–Trinajstić information content (AvgIpc) is 2.62. The van der Waals surface area contributed by atoms with E-state index in [-0.39, 0.29) is 6.42 Å². The molecule has 0 fully saturated rings. The molecule has 0 aromatic heterocycles. The number of hydrogen-bond donors (Lipinski definition) is 1. The second kappa shape index (κ2) is 8.49. The predicted octanol–water partition coefficient (Wildman–Crippen LogP) is 3.10. The molecule has 0 saturated carbocycles. The first kappa shape index (κ1) is 17.2. The summed E-state index contributed by atoms with van der Waals surface area (Å²) in [5, 5.41) is 11.3. The number of nitriles is 1. The quantitative estimate of drug-likeness (QED) is 0.794. The van der Waals surface area contributed by atoms with E-state index in [0.717, 1.165) is 11.3 Å². The van der Waals surface area contributed by atoms with Gasteiger partial charge in [-0.15, -0.1) is 0 Å². The molecule has 2 aromatic carbocycles. The summed E-state index contributed by atoms with van der Waals surface area (Å²) in [6, 6.07) is 16.1. The number of Topliss-reactive ketones (excluding diaryl/α,β-unsaturated/α-hetero) is 1. The Morgan fingerprint density at radius 2 is 1.92 bits per heavy atom. The molecule has 2 rings (SSSR count). The molecule has 0 saturated heterocycles. The number of ether oxygens (including phenoxy) is 1. The minimum Gasteiger partial charge on any atom is -0.497 e. The standard InChI is InChI=1S/C19H18N2O3/c1-24-17-10-8-14(9-11-17)4-3-7-18(22)19(23)21-16-6-2-5-15(12-16)13-20/h2,5-6,8-12H,3-4,7H2,1H3,(H,21,23). The molecule has 5 nitrogen and oxygen atoms in total. The molecule has 5 heteroatoms. The average molecular weight is 322 g/mol. The first-order chi connectivity index (χ1) is 11.6. The summed E-state index contributed by atoms with van der Waals surface area (Å²) in [6.07, 6.45) is 1.49. The number of ketones is 1. The van der Waals surface area contributed by atoms with Crippen molar-refractivity contribution in [1.82, 2.24) is 0 Å². The smallest absolute Gasteiger partial charge is 0.291 e. The molecule has 0 heterocycles. The van der Waals surface area contributed by atoms with Crippen molar-refractivity contribution < 1.29 is 14.3 Å². The van der Waals surface area contributed by atoms with Gasteiger partial charge in [-0.1, -0.05) is 18.2 Å². The van der Waals surface area contributed by atoms with Crippen LogP contribution in [0, 0.1) is 11.3 Å². The van der Waals surface area contributed by atoms with Crippen LogP contribution in [0.15, 0.2) is 48.5 Å². The fourth-order valence-corrected chi connectivity index (χ4v) is 2.23. The lowest BCUT2D eigenvalue weighted by Crippen LogP contribution is -2.22. The SMILES string of the molecule is COc1ccc(CCCC(=O)C(=O)Nc2cccc(C#N)c2)cc1. The third-order valence-electron chi connectivity index (χ3n) is 3.53. The minimum absolute atomic E-state index is 0.176. The van der Waals surface area contributed by atoms with Crippen LogP contribution in [0.3, 0.4) is 0 Å². The number of anilines is 1. The zero-order chi connectivity index (χ0) is 17.4. The molecule has 2 aromatic rings. The van der Waals surface area contributed by atoms with E-state index < -0.39 is 11.7 Å². The molecule has 0 aliphatic rings. The molecule has 0 radical (unpaired) electrons. The largest absolute Gasteiger partial charge is 0.497 e. The van der Waals surface area contributed by atoms with Crippen LogP contribution in [0.1, 0.15) is 24.0 Å². The summed E-state index contributed by atoms with van der Waals surface area (Å²) in [6.45, 7) is 0. The van der Waals surface area contributed by atoms with Gasteiger partial charge in [-0.25, -0.2) is 0 Å². The maximum absolute atomic E-state index is 11.9. The van der Waals surface area contributed by atoms with E-state index in [9.17, 15) is 9.59 Å². The number of hydrogen-bond acceptors (Lipinski definition) is 4. The molecule has 0 aliphatic carbocycles. The van der Waals surface area contributed by atoms with Crippen molar-refractivity contribution in [3.8, 4) is 11.8 Å². The number of rotatable bonds is 7. The van der Waals surface area contributed by atoms with E-state index in [4.69, 9.17) is 10.00 Å². The van der Waals surface area contributed by atoms with Crippen LogP contribution in [0.25, 0.3) is 0 Å². The second-order valence-electron chi connectivity index (χ2n) is 5.27. The summed E-state index contributed by atoms with van der Waals surface area (Å²) in [7, 11) is 1.61. The zero-order valence-corrected chi connectivity index (χ0v) is 13.4. The van der Waals surface area contributed by atoms with Crippen LogP contribution in [-0.4, -0.2) is 18.8 Å². The molecule has 0 spiro atoms. The maximum atomic E-state index is 11.9. The van der Waals surface area contributed by atoms with Gasteiger partial charge in [0.05, 0.1) is 18.7 Å². The molecule has 1 amide bonds. The Balaban J connectivity index is 1.80. The van der Waals surface area contributed by atoms with Crippen LogP contribution in [-0.2, 0) is 16.0 Å². The van der Waals surface area contributed by atoms with Crippen LogP contribution >= 0.6 is 0 Å². The highest BCUT2D eigenvalue weighted by atomic mass is 16.5. The Bertz CT molecular complexity index is 761. The normalized spacial score (nSPS) is 9.83. The lowest BCUT2D eigenvalue weighted by atomic mass is 10.1. The van der Waals surface area contributed by atoms with Gasteiger partial charge < -0.3 is 10.1 Å². The highest BCUT2D eigenvalue weighted by Crippen LogP contribution is 2.14. The van der Waals surface area contributed by atoms with Crippen molar-refractivity contribution in [3.05, 3.63) is 59.7 Å². The molecule has 0 atom stereocenters. The Morgan fingerprint density at radius 1 is 1.17 bits per heavy atom. The van der Waals surface area contributed by atoms with E-state index in [1.165, 1.54) is 6.07 Å². The lowest BCUT2D eigenvalue weighted by Gasteiger charge is -2.05. The molecule has 24 heavy (non-hydrogen) atoms. The van der Waals surface area contributed by atoms with Crippen molar-refractivity contribution in [1.29, 1.82) is 5.26 Å². The Labute approximate surface area is 140 Å². The molecule has 0 bridgehead atoms. The number of nitrogens with zero attached hydrogens (tertiary/aromatic N) is 1. The number of nitrogens with one attached hydrogen (secondary N) is 1. The van der Waals surface area contributed by atoms with E-state index in [1.807, 2.05) is 30.3 Å². The predicted molar refractivity (Wildman–Crippen MR) is 90.7 cm³/mol. The number of amides is 1. The van der Waals surface area contributed by atoms with Gasteiger partial charge in [0.2, 0.25) is 5.78 Å². The van der Waals surface area contributed by atoms with Crippen molar-refractivity contribution in [2.45, 2.75) is 19.3 Å². The third-order valence-corrected chi connectivity index (χ3v) is 3.53. The Kier molecular flexibility index (Phi) is 6.09. The van der Waals surface area contributed by atoms with E-state index in [0.29, 0.717) is 24.1 Å². The summed E-state index contributed by atoms with van der Waals surface area (Å²) in [4.78, 5) is 23.8. The third kappa shape index (κ3) is 4.96. The molecule has 0 aliphatic heterocycles. The Hall–Kier alpha value is -3.13. The van der Waals surface area contributed by atoms with Crippen LogP contribution in [0.2, 0.25) is 0 Å². The second-order valence-corrected chi connectivity index (χ2v) is 5.27. The summed E-state index contributed by atoms with van der Waals surface area (Å²) in [5.74, 6) is -0.334. The first-order valence-corrected chi connectivity index (χ1v) is 7.59. The van der Waals surface area contributed by atoms with Crippen LogP contribution < -0.4 is 10.1 Å². The summed E-state index contributed by atoms with van der Waals surface area (Å²) >= 11 is 0. The van der Waals surface area contributed by atoms with Crippen LogP contribution in [0.4, 0.5) is 5.69 Å². The van der Waals surface area contributed by atoms with Gasteiger partial charge in [0.1, 0.15) is 5.75 Å². The van der Waals surface area contributed by atoms with Gasteiger partial charge in [0.25, 0.3) is 5.91 Å². The topological polar surface area (TPSA) is 79.2 Å². The zero-order valence-electron chi connectivity index (χ0n) is 13.4. The van der Waals surface area contributed by atoms with Gasteiger partial charge in [-0.05, 0) is 48.7 Å². The van der Waals surface area contributed by atoms with E-state index >= 15 is 0 Å². The molecular formula is C19H18N2O3. The summed E-state index contributed by atoms with van der Waals surface area (Å²) in [5.41, 5.74) is 1.97. The first-order valence-electron chi connectivity index (χ1n) is 7.59. The van der Waals surface area contributed by atoms with E-state index in [1.54, 1.807) is 25.3 Å². The summed E-state index contributed by atoms with van der Waals surface area (Å²) < 4.78 is 5.09.